The van der Waals surface area contributed by atoms with Crippen LogP contribution in [0.3, 0.4) is 0 Å². The summed E-state index contributed by atoms with van der Waals surface area (Å²) in [5.74, 6) is -0.590. The molecule has 0 unspecified atom stereocenters. The van der Waals surface area contributed by atoms with Crippen LogP contribution in [0.4, 0.5) is 0 Å². The highest BCUT2D eigenvalue weighted by Crippen LogP contribution is 2.26. The molecular weight excluding hydrogens is 314 g/mol. The molecule has 4 heteroatoms. The molecule has 1 heterocycles. The molecule has 0 radical (unpaired) electrons. The fraction of sp³-hybridized carbons (Fsp3) is 0.381. The van der Waals surface area contributed by atoms with Crippen LogP contribution in [0, 0.1) is 0 Å². The predicted octanol–water partition coefficient (Wildman–Crippen LogP) is 3.08. The SMILES string of the molecule is C[C@H](CN1CCOCC1)OC(=O)C(c1ccccc1)c1ccccc1. The van der Waals surface area contributed by atoms with Crippen LogP contribution in [0.1, 0.15) is 24.0 Å². The fourth-order valence-corrected chi connectivity index (χ4v) is 3.21. The minimum absolute atomic E-state index is 0.152. The van der Waals surface area contributed by atoms with Gasteiger partial charge >= 0.3 is 5.97 Å². The zero-order valence-corrected chi connectivity index (χ0v) is 14.6. The molecule has 0 spiro atoms. The van der Waals surface area contributed by atoms with Crippen LogP contribution in [0.2, 0.25) is 0 Å². The van der Waals surface area contributed by atoms with Gasteiger partial charge in [-0.05, 0) is 18.1 Å². The molecule has 1 fully saturated rings. The molecule has 0 aromatic heterocycles. The second-order valence-electron chi connectivity index (χ2n) is 6.41. The van der Waals surface area contributed by atoms with Gasteiger partial charge in [0.15, 0.2) is 0 Å². The summed E-state index contributed by atoms with van der Waals surface area (Å²) in [5, 5.41) is 0. The molecule has 1 aliphatic heterocycles. The number of ether oxygens (including phenoxy) is 2. The lowest BCUT2D eigenvalue weighted by molar-refractivity contribution is -0.150. The number of hydrogen-bond donors (Lipinski definition) is 0. The third kappa shape index (κ3) is 4.91. The van der Waals surface area contributed by atoms with Gasteiger partial charge in [0, 0.05) is 19.6 Å². The van der Waals surface area contributed by atoms with E-state index in [4.69, 9.17) is 9.47 Å². The highest BCUT2D eigenvalue weighted by Gasteiger charge is 2.26. The van der Waals surface area contributed by atoms with Gasteiger partial charge in [0.1, 0.15) is 12.0 Å². The van der Waals surface area contributed by atoms with Crippen molar-refractivity contribution >= 4 is 5.97 Å². The van der Waals surface area contributed by atoms with Gasteiger partial charge in [-0.15, -0.1) is 0 Å². The zero-order valence-electron chi connectivity index (χ0n) is 14.6. The molecular formula is C21H25NO3. The average molecular weight is 339 g/mol. The van der Waals surface area contributed by atoms with Gasteiger partial charge in [-0.25, -0.2) is 0 Å². The maximum atomic E-state index is 12.9. The normalized spacial score (nSPS) is 16.6. The molecule has 0 bridgehead atoms. The Morgan fingerprint density at radius 2 is 1.52 bits per heavy atom. The van der Waals surface area contributed by atoms with Gasteiger partial charge in [0.25, 0.3) is 0 Å². The van der Waals surface area contributed by atoms with E-state index in [2.05, 4.69) is 4.90 Å². The highest BCUT2D eigenvalue weighted by molar-refractivity contribution is 5.82. The van der Waals surface area contributed by atoms with E-state index in [0.29, 0.717) is 0 Å². The van der Waals surface area contributed by atoms with E-state index in [1.807, 2.05) is 67.6 Å². The summed E-state index contributed by atoms with van der Waals surface area (Å²) in [4.78, 5) is 15.2. The van der Waals surface area contributed by atoms with Crippen molar-refractivity contribution in [2.24, 2.45) is 0 Å². The molecule has 1 aliphatic rings. The predicted molar refractivity (Wildman–Crippen MR) is 97.5 cm³/mol. The summed E-state index contributed by atoms with van der Waals surface area (Å²) >= 11 is 0. The smallest absolute Gasteiger partial charge is 0.318 e. The molecule has 0 saturated carbocycles. The Bertz CT molecular complexity index is 614. The number of benzene rings is 2. The van der Waals surface area contributed by atoms with E-state index < -0.39 is 5.92 Å². The summed E-state index contributed by atoms with van der Waals surface area (Å²) in [6, 6.07) is 19.6. The Balaban J connectivity index is 1.71. The summed E-state index contributed by atoms with van der Waals surface area (Å²) in [6.07, 6.45) is -0.152. The zero-order chi connectivity index (χ0) is 17.5. The minimum Gasteiger partial charge on any atom is -0.461 e. The molecule has 25 heavy (non-hydrogen) atoms. The van der Waals surface area contributed by atoms with E-state index >= 15 is 0 Å². The Kier molecular flexibility index (Phi) is 6.20. The van der Waals surface area contributed by atoms with Crippen molar-refractivity contribution in [2.75, 3.05) is 32.8 Å². The Morgan fingerprint density at radius 3 is 2.04 bits per heavy atom. The van der Waals surface area contributed by atoms with Crippen molar-refractivity contribution in [3.63, 3.8) is 0 Å². The van der Waals surface area contributed by atoms with Crippen molar-refractivity contribution in [1.82, 2.24) is 4.90 Å². The van der Waals surface area contributed by atoms with Gasteiger partial charge in [0.2, 0.25) is 0 Å². The lowest BCUT2D eigenvalue weighted by Gasteiger charge is -2.29. The molecule has 1 saturated heterocycles. The topological polar surface area (TPSA) is 38.8 Å². The maximum Gasteiger partial charge on any atom is 0.318 e. The van der Waals surface area contributed by atoms with E-state index in [9.17, 15) is 4.79 Å². The van der Waals surface area contributed by atoms with Gasteiger partial charge in [-0.2, -0.15) is 0 Å². The number of carbonyl (C=O) groups is 1. The van der Waals surface area contributed by atoms with E-state index in [1.165, 1.54) is 0 Å². The monoisotopic (exact) mass is 339 g/mol. The number of carbonyl (C=O) groups excluding carboxylic acids is 1. The van der Waals surface area contributed by atoms with E-state index in [-0.39, 0.29) is 12.1 Å². The minimum atomic E-state index is -0.394. The van der Waals surface area contributed by atoms with Crippen LogP contribution in [0.5, 0.6) is 0 Å². The van der Waals surface area contributed by atoms with Crippen molar-refractivity contribution in [2.45, 2.75) is 18.9 Å². The first kappa shape index (κ1) is 17.6. The molecule has 0 amide bonds. The standard InChI is InChI=1S/C21H25NO3/c1-17(16-22-12-14-24-15-13-22)25-21(23)20(18-8-4-2-5-9-18)19-10-6-3-7-11-19/h2-11,17,20H,12-16H2,1H3/t17-/m1/s1. The van der Waals surface area contributed by atoms with Crippen molar-refractivity contribution in [1.29, 1.82) is 0 Å². The highest BCUT2D eigenvalue weighted by atomic mass is 16.5. The first-order valence-corrected chi connectivity index (χ1v) is 8.84. The molecule has 0 aliphatic carbocycles. The number of rotatable bonds is 6. The lowest BCUT2D eigenvalue weighted by atomic mass is 9.91. The number of morpholine rings is 1. The van der Waals surface area contributed by atoms with Gasteiger partial charge in [-0.1, -0.05) is 60.7 Å². The Labute approximate surface area is 149 Å². The first-order chi connectivity index (χ1) is 12.2. The molecule has 2 aromatic rings. The van der Waals surface area contributed by atoms with Crippen molar-refractivity contribution in [3.05, 3.63) is 71.8 Å². The Morgan fingerprint density at radius 1 is 1.00 bits per heavy atom. The largest absolute Gasteiger partial charge is 0.461 e. The molecule has 2 aromatic carbocycles. The van der Waals surface area contributed by atoms with Crippen LogP contribution < -0.4 is 0 Å². The quantitative estimate of drug-likeness (QED) is 0.758. The van der Waals surface area contributed by atoms with E-state index in [1.54, 1.807) is 0 Å². The summed E-state index contributed by atoms with van der Waals surface area (Å²) in [6.45, 7) is 5.98. The number of esters is 1. The van der Waals surface area contributed by atoms with Crippen molar-refractivity contribution in [3.8, 4) is 0 Å². The summed E-state index contributed by atoms with van der Waals surface area (Å²) in [5.41, 5.74) is 1.91. The van der Waals surface area contributed by atoms with Gasteiger partial charge in [0.05, 0.1) is 13.2 Å². The van der Waals surface area contributed by atoms with Crippen LogP contribution >= 0.6 is 0 Å². The van der Waals surface area contributed by atoms with Crippen LogP contribution in [0.25, 0.3) is 0 Å². The molecule has 1 atom stereocenters. The third-order valence-electron chi connectivity index (χ3n) is 4.44. The third-order valence-corrected chi connectivity index (χ3v) is 4.44. The lowest BCUT2D eigenvalue weighted by Crippen LogP contribution is -2.41. The maximum absolute atomic E-state index is 12.9. The Hall–Kier alpha value is -2.17. The van der Waals surface area contributed by atoms with Crippen LogP contribution in [-0.4, -0.2) is 49.8 Å². The van der Waals surface area contributed by atoms with Crippen molar-refractivity contribution < 1.29 is 14.3 Å². The van der Waals surface area contributed by atoms with E-state index in [0.717, 1.165) is 44.0 Å². The second kappa shape index (κ2) is 8.79. The number of nitrogens with zero attached hydrogens (tertiary/aromatic N) is 1. The average Bonchev–Trinajstić information content (AvgIpc) is 2.64. The van der Waals surface area contributed by atoms with Gasteiger partial charge in [-0.3, -0.25) is 9.69 Å². The molecule has 4 nitrogen and oxygen atoms in total. The van der Waals surface area contributed by atoms with Crippen LogP contribution in [-0.2, 0) is 14.3 Å². The first-order valence-electron chi connectivity index (χ1n) is 8.84. The fourth-order valence-electron chi connectivity index (χ4n) is 3.21. The summed E-state index contributed by atoms with van der Waals surface area (Å²) in [7, 11) is 0. The molecule has 0 N–H and O–H groups in total. The van der Waals surface area contributed by atoms with Crippen LogP contribution in [0.15, 0.2) is 60.7 Å². The van der Waals surface area contributed by atoms with Gasteiger partial charge < -0.3 is 9.47 Å². The summed E-state index contributed by atoms with van der Waals surface area (Å²) < 4.78 is 11.2. The molecule has 132 valence electrons. The molecule has 3 rings (SSSR count). The number of hydrogen-bond acceptors (Lipinski definition) is 4. The second-order valence-corrected chi connectivity index (χ2v) is 6.41.